The zero-order valence-electron chi connectivity index (χ0n) is 10.9. The lowest BCUT2D eigenvalue weighted by Gasteiger charge is -2.07. The summed E-state index contributed by atoms with van der Waals surface area (Å²) < 4.78 is 3.21. The maximum absolute atomic E-state index is 12.0. The van der Waals surface area contributed by atoms with E-state index in [2.05, 4.69) is 5.10 Å². The molecule has 6 heteroatoms. The van der Waals surface area contributed by atoms with Gasteiger partial charge in [0.1, 0.15) is 5.65 Å². The molecule has 0 radical (unpaired) electrons. The molecule has 2 aromatic heterocycles. The van der Waals surface area contributed by atoms with Crippen molar-refractivity contribution in [3.63, 3.8) is 0 Å². The second-order valence-corrected chi connectivity index (χ2v) is 4.92. The maximum Gasteiger partial charge on any atom is 0.274 e. The van der Waals surface area contributed by atoms with Crippen LogP contribution in [0.25, 0.3) is 16.9 Å². The lowest BCUT2D eigenvalue weighted by molar-refractivity contribution is 0.766. The molecule has 0 aliphatic carbocycles. The standard InChI is InChI=1S/C14H13ClN4O/c1-18-9(8-16)6-14(20)19-13(18)7-12(17-19)10-4-2-3-5-11(10)15/h2-7H,8,16H2,1H3. The summed E-state index contributed by atoms with van der Waals surface area (Å²) in [7, 11) is 1.86. The van der Waals surface area contributed by atoms with Crippen molar-refractivity contribution in [3.8, 4) is 11.3 Å². The Morgan fingerprint density at radius 1 is 1.30 bits per heavy atom. The van der Waals surface area contributed by atoms with Gasteiger partial charge in [-0.05, 0) is 6.07 Å². The molecule has 2 N–H and O–H groups in total. The lowest BCUT2D eigenvalue weighted by atomic mass is 10.1. The zero-order chi connectivity index (χ0) is 14.3. The Labute approximate surface area is 120 Å². The molecule has 0 atom stereocenters. The second kappa shape index (κ2) is 4.77. The number of benzene rings is 1. The van der Waals surface area contributed by atoms with Gasteiger partial charge in [0.2, 0.25) is 0 Å². The quantitative estimate of drug-likeness (QED) is 0.782. The first kappa shape index (κ1) is 12.9. The molecule has 2 heterocycles. The molecule has 3 aromatic rings. The Hall–Kier alpha value is -2.11. The zero-order valence-corrected chi connectivity index (χ0v) is 11.6. The minimum absolute atomic E-state index is 0.197. The molecule has 0 saturated carbocycles. The summed E-state index contributed by atoms with van der Waals surface area (Å²) >= 11 is 6.17. The molecule has 102 valence electrons. The molecule has 0 spiro atoms. The molecule has 0 unspecified atom stereocenters. The number of nitrogens with zero attached hydrogens (tertiary/aromatic N) is 3. The Balaban J connectivity index is 2.32. The summed E-state index contributed by atoms with van der Waals surface area (Å²) in [4.78, 5) is 12.0. The first-order chi connectivity index (χ1) is 9.61. The molecule has 5 nitrogen and oxygen atoms in total. The predicted octanol–water partition coefficient (Wildman–Crippen LogP) is 1.81. The fourth-order valence-corrected chi connectivity index (χ4v) is 2.45. The van der Waals surface area contributed by atoms with E-state index in [0.717, 1.165) is 11.3 Å². The first-order valence-corrected chi connectivity index (χ1v) is 6.53. The Morgan fingerprint density at radius 3 is 2.75 bits per heavy atom. The van der Waals surface area contributed by atoms with E-state index in [1.54, 1.807) is 6.07 Å². The van der Waals surface area contributed by atoms with Gasteiger partial charge in [-0.25, -0.2) is 0 Å². The van der Waals surface area contributed by atoms with Crippen LogP contribution in [0, 0.1) is 0 Å². The molecule has 20 heavy (non-hydrogen) atoms. The number of fused-ring (bicyclic) bond motifs is 1. The van der Waals surface area contributed by atoms with Crippen molar-refractivity contribution in [2.24, 2.45) is 12.8 Å². The minimum Gasteiger partial charge on any atom is -0.331 e. The normalized spacial score (nSPS) is 11.2. The van der Waals surface area contributed by atoms with Crippen molar-refractivity contribution < 1.29 is 0 Å². The number of hydrogen-bond acceptors (Lipinski definition) is 3. The van der Waals surface area contributed by atoms with Crippen LogP contribution in [-0.2, 0) is 13.6 Å². The number of aromatic nitrogens is 3. The maximum atomic E-state index is 12.0. The van der Waals surface area contributed by atoms with E-state index >= 15 is 0 Å². The van der Waals surface area contributed by atoms with Crippen molar-refractivity contribution >= 4 is 17.2 Å². The van der Waals surface area contributed by atoms with Gasteiger partial charge in [-0.2, -0.15) is 9.61 Å². The number of hydrogen-bond donors (Lipinski definition) is 1. The molecular weight excluding hydrogens is 276 g/mol. The summed E-state index contributed by atoms with van der Waals surface area (Å²) in [6.45, 7) is 0.300. The van der Waals surface area contributed by atoms with Gasteiger partial charge in [0, 0.05) is 37.0 Å². The third-order valence-corrected chi connectivity index (χ3v) is 3.65. The average molecular weight is 289 g/mol. The van der Waals surface area contributed by atoms with Crippen LogP contribution >= 0.6 is 11.6 Å². The van der Waals surface area contributed by atoms with E-state index in [9.17, 15) is 4.79 Å². The highest BCUT2D eigenvalue weighted by Gasteiger charge is 2.12. The predicted molar refractivity (Wildman–Crippen MR) is 78.8 cm³/mol. The fourth-order valence-electron chi connectivity index (χ4n) is 2.22. The second-order valence-electron chi connectivity index (χ2n) is 4.52. The van der Waals surface area contributed by atoms with Crippen LogP contribution < -0.4 is 11.3 Å². The van der Waals surface area contributed by atoms with E-state index < -0.39 is 0 Å². The van der Waals surface area contributed by atoms with Gasteiger partial charge in [-0.1, -0.05) is 29.8 Å². The van der Waals surface area contributed by atoms with Crippen LogP contribution in [0.2, 0.25) is 5.02 Å². The van der Waals surface area contributed by atoms with E-state index in [4.69, 9.17) is 17.3 Å². The molecule has 3 rings (SSSR count). The number of halogens is 1. The number of nitrogens with two attached hydrogens (primary N) is 1. The van der Waals surface area contributed by atoms with Crippen molar-refractivity contribution in [2.75, 3.05) is 0 Å². The van der Waals surface area contributed by atoms with Gasteiger partial charge >= 0.3 is 0 Å². The van der Waals surface area contributed by atoms with Crippen molar-refractivity contribution in [3.05, 3.63) is 57.5 Å². The Kier molecular flexibility index (Phi) is 3.08. The van der Waals surface area contributed by atoms with Gasteiger partial charge in [0.25, 0.3) is 5.56 Å². The number of rotatable bonds is 2. The topological polar surface area (TPSA) is 65.3 Å². The molecule has 0 amide bonds. The van der Waals surface area contributed by atoms with Gasteiger partial charge in [-0.15, -0.1) is 0 Å². The Morgan fingerprint density at radius 2 is 2.05 bits per heavy atom. The number of aryl methyl sites for hydroxylation is 1. The lowest BCUT2D eigenvalue weighted by Crippen LogP contribution is -2.21. The van der Waals surface area contributed by atoms with Crippen LogP contribution in [0.1, 0.15) is 5.69 Å². The highest BCUT2D eigenvalue weighted by molar-refractivity contribution is 6.33. The summed E-state index contributed by atoms with van der Waals surface area (Å²) in [6.07, 6.45) is 0. The SMILES string of the molecule is Cn1c(CN)cc(=O)n2nc(-c3ccccc3Cl)cc12. The molecular formula is C14H13ClN4O. The van der Waals surface area contributed by atoms with Crippen molar-refractivity contribution in [1.29, 1.82) is 0 Å². The third-order valence-electron chi connectivity index (χ3n) is 3.32. The van der Waals surface area contributed by atoms with Crippen LogP contribution in [0.5, 0.6) is 0 Å². The summed E-state index contributed by atoms with van der Waals surface area (Å²) in [5, 5.41) is 4.94. The summed E-state index contributed by atoms with van der Waals surface area (Å²) in [5.41, 5.74) is 8.35. The monoisotopic (exact) mass is 288 g/mol. The Bertz CT molecular complexity index is 850. The largest absolute Gasteiger partial charge is 0.331 e. The molecule has 0 saturated heterocycles. The van der Waals surface area contributed by atoms with E-state index in [1.807, 2.05) is 35.9 Å². The highest BCUT2D eigenvalue weighted by Crippen LogP contribution is 2.26. The van der Waals surface area contributed by atoms with Crippen LogP contribution in [0.3, 0.4) is 0 Å². The highest BCUT2D eigenvalue weighted by atomic mass is 35.5. The molecule has 0 bridgehead atoms. The van der Waals surface area contributed by atoms with E-state index in [0.29, 0.717) is 22.9 Å². The molecule has 0 aliphatic heterocycles. The van der Waals surface area contributed by atoms with Gasteiger partial charge < -0.3 is 10.3 Å². The first-order valence-electron chi connectivity index (χ1n) is 6.15. The van der Waals surface area contributed by atoms with Gasteiger partial charge in [0.15, 0.2) is 0 Å². The van der Waals surface area contributed by atoms with E-state index in [-0.39, 0.29) is 5.56 Å². The van der Waals surface area contributed by atoms with Crippen molar-refractivity contribution in [2.45, 2.75) is 6.54 Å². The molecule has 0 fully saturated rings. The smallest absolute Gasteiger partial charge is 0.274 e. The van der Waals surface area contributed by atoms with Crippen LogP contribution in [-0.4, -0.2) is 14.2 Å². The third kappa shape index (κ3) is 1.92. The molecule has 0 aliphatic rings. The fraction of sp³-hybridized carbons (Fsp3) is 0.143. The molecule has 1 aromatic carbocycles. The van der Waals surface area contributed by atoms with Crippen molar-refractivity contribution in [1.82, 2.24) is 14.2 Å². The van der Waals surface area contributed by atoms with Crippen LogP contribution in [0.15, 0.2) is 41.2 Å². The average Bonchev–Trinajstić information content (AvgIpc) is 2.89. The van der Waals surface area contributed by atoms with E-state index in [1.165, 1.54) is 10.6 Å². The summed E-state index contributed by atoms with van der Waals surface area (Å²) in [5.74, 6) is 0. The van der Waals surface area contributed by atoms with Gasteiger partial charge in [0.05, 0.1) is 10.7 Å². The minimum atomic E-state index is -0.197. The van der Waals surface area contributed by atoms with Gasteiger partial charge in [-0.3, -0.25) is 4.79 Å². The summed E-state index contributed by atoms with van der Waals surface area (Å²) in [6, 6.07) is 10.7. The van der Waals surface area contributed by atoms with Crippen LogP contribution in [0.4, 0.5) is 0 Å².